The van der Waals surface area contributed by atoms with E-state index in [0.717, 1.165) is 59.2 Å². The Kier molecular flexibility index (Phi) is 7.42. The molecule has 214 valence electrons. The van der Waals surface area contributed by atoms with Gasteiger partial charge in [-0.25, -0.2) is 33.3 Å². The number of hydrogen-bond donors (Lipinski definition) is 2. The van der Waals surface area contributed by atoms with Gasteiger partial charge in [0.2, 0.25) is 0 Å². The second-order valence-corrected chi connectivity index (χ2v) is 15.1. The fraction of sp³-hybridized carbons (Fsp3) is 0.379. The number of hydrogen-bond acceptors (Lipinski definition) is 8. The summed E-state index contributed by atoms with van der Waals surface area (Å²) in [5, 5.41) is 1.14. The van der Waals surface area contributed by atoms with Gasteiger partial charge in [0.05, 0.1) is 33.0 Å². The first-order chi connectivity index (χ1) is 19.5. The van der Waals surface area contributed by atoms with E-state index in [1.807, 2.05) is 39.0 Å². The van der Waals surface area contributed by atoms with Crippen LogP contribution >= 0.6 is 23.4 Å². The largest absolute Gasteiger partial charge is 0.382 e. The predicted molar refractivity (Wildman–Crippen MR) is 163 cm³/mol. The number of piperidine rings is 1. The maximum Gasteiger partial charge on any atom is 0.179 e. The maximum absolute atomic E-state index is 14.2. The van der Waals surface area contributed by atoms with Crippen molar-refractivity contribution in [3.63, 3.8) is 0 Å². The molecule has 2 atom stereocenters. The lowest BCUT2D eigenvalue weighted by atomic mass is 9.73. The van der Waals surface area contributed by atoms with Crippen molar-refractivity contribution in [1.29, 1.82) is 0 Å². The van der Waals surface area contributed by atoms with Crippen LogP contribution in [-0.4, -0.2) is 42.0 Å². The van der Waals surface area contributed by atoms with E-state index >= 15 is 0 Å². The van der Waals surface area contributed by atoms with Gasteiger partial charge in [-0.1, -0.05) is 29.4 Å². The van der Waals surface area contributed by atoms with Gasteiger partial charge in [-0.15, -0.1) is 0 Å². The molecule has 1 unspecified atom stereocenters. The van der Waals surface area contributed by atoms with Crippen LogP contribution < -0.4 is 15.4 Å². The Bertz CT molecular complexity index is 1660. The molecule has 4 aromatic rings. The first kappa shape index (κ1) is 28.3. The van der Waals surface area contributed by atoms with E-state index < -0.39 is 15.7 Å². The van der Waals surface area contributed by atoms with E-state index in [-0.39, 0.29) is 23.1 Å². The molecule has 0 bridgehead atoms. The summed E-state index contributed by atoms with van der Waals surface area (Å²) in [5.41, 5.74) is 8.99. The molecule has 8 nitrogen and oxygen atoms in total. The Morgan fingerprint density at radius 2 is 1.93 bits per heavy atom. The Morgan fingerprint density at radius 1 is 1.15 bits per heavy atom. The Morgan fingerprint density at radius 3 is 2.68 bits per heavy atom. The summed E-state index contributed by atoms with van der Waals surface area (Å²) in [5.74, 6) is 0.843. The topological polar surface area (TPSA) is 110 Å². The molecule has 4 heterocycles. The van der Waals surface area contributed by atoms with Crippen LogP contribution in [0.4, 0.5) is 16.0 Å². The molecule has 3 aromatic heterocycles. The lowest BCUT2D eigenvalue weighted by Crippen LogP contribution is -2.48. The smallest absolute Gasteiger partial charge is 0.179 e. The molecule has 0 saturated carbocycles. The predicted octanol–water partition coefficient (Wildman–Crippen LogP) is 5.88. The molecule has 1 fully saturated rings. The van der Waals surface area contributed by atoms with Crippen LogP contribution in [0.25, 0.3) is 11.2 Å². The molecule has 2 aliphatic rings. The average Bonchev–Trinajstić information content (AvgIpc) is 3.22. The van der Waals surface area contributed by atoms with Crippen molar-refractivity contribution in [1.82, 2.24) is 24.7 Å². The number of halogens is 2. The van der Waals surface area contributed by atoms with E-state index in [4.69, 9.17) is 22.3 Å². The van der Waals surface area contributed by atoms with Crippen molar-refractivity contribution in [3.05, 3.63) is 70.8 Å². The monoisotopic (exact) mass is 611 g/mol. The third kappa shape index (κ3) is 5.52. The summed E-state index contributed by atoms with van der Waals surface area (Å²) in [4.78, 5) is 21.2. The quantitative estimate of drug-likeness (QED) is 0.288. The zero-order valence-electron chi connectivity index (χ0n) is 23.0. The zero-order valence-corrected chi connectivity index (χ0v) is 25.4. The van der Waals surface area contributed by atoms with E-state index in [0.29, 0.717) is 16.2 Å². The number of fused-ring (bicyclic) bond motifs is 2. The number of rotatable bonds is 5. The van der Waals surface area contributed by atoms with E-state index in [9.17, 15) is 8.60 Å². The zero-order chi connectivity index (χ0) is 28.9. The number of anilines is 2. The lowest BCUT2D eigenvalue weighted by Gasteiger charge is -2.44. The molecule has 1 spiro atoms. The molecule has 12 heteroatoms. The van der Waals surface area contributed by atoms with Crippen LogP contribution in [-0.2, 0) is 17.4 Å². The minimum Gasteiger partial charge on any atom is -0.382 e. The summed E-state index contributed by atoms with van der Waals surface area (Å²) in [6.45, 7) is 7.42. The number of aromatic nitrogens is 4. The van der Waals surface area contributed by atoms with Crippen LogP contribution in [0.15, 0.2) is 58.7 Å². The van der Waals surface area contributed by atoms with Crippen LogP contribution in [0, 0.1) is 11.2 Å². The third-order valence-corrected chi connectivity index (χ3v) is 11.0. The Hall–Kier alpha value is -2.86. The highest BCUT2D eigenvalue weighted by Gasteiger charge is 2.49. The molecule has 0 radical (unpaired) electrons. The summed E-state index contributed by atoms with van der Waals surface area (Å²) in [6.07, 6.45) is 5.85. The van der Waals surface area contributed by atoms with Gasteiger partial charge in [0, 0.05) is 24.2 Å². The molecular formula is C29H31ClFN7OS2. The number of benzene rings is 1. The standard InChI is InChI=1S/C29H31ClFN7OS2/c1-28(2,3)41(39)37-25-19-5-4-18(31)14-17(19)15-29(25)9-12-38(13-10-29)22-16-34-27-20(35-22)6-7-23(36-27)40-21-8-11-33-26(32)24(21)30/h4-8,11,14,16,25,37H,9-10,12-13,15H2,1-3H3,(H2,32,33)/t25-,41?/m1/s1. The van der Waals surface area contributed by atoms with Gasteiger partial charge in [-0.2, -0.15) is 0 Å². The molecule has 1 saturated heterocycles. The molecule has 6 rings (SSSR count). The van der Waals surface area contributed by atoms with Crippen molar-refractivity contribution in [2.45, 2.75) is 60.7 Å². The van der Waals surface area contributed by atoms with Crippen LogP contribution in [0.5, 0.6) is 0 Å². The maximum atomic E-state index is 14.2. The summed E-state index contributed by atoms with van der Waals surface area (Å²) >= 11 is 7.69. The molecule has 3 N–H and O–H groups in total. The first-order valence-corrected chi connectivity index (χ1v) is 15.8. The number of nitrogens with two attached hydrogens (primary N) is 1. The number of nitrogens with zero attached hydrogens (tertiary/aromatic N) is 5. The fourth-order valence-electron chi connectivity index (χ4n) is 5.66. The SMILES string of the molecule is CC(C)(C)S(=O)N[C@@H]1c2ccc(F)cc2CC12CCN(c1cnc3nc(Sc4ccnc(N)c4Cl)ccc3n1)CC2. The molecule has 1 aromatic carbocycles. The van der Waals surface area contributed by atoms with Gasteiger partial charge in [-0.3, -0.25) is 0 Å². The third-order valence-electron chi connectivity index (χ3n) is 7.90. The molecule has 41 heavy (non-hydrogen) atoms. The van der Waals surface area contributed by atoms with Gasteiger partial charge in [-0.05, 0) is 86.9 Å². The van der Waals surface area contributed by atoms with E-state index in [2.05, 4.69) is 24.6 Å². The van der Waals surface area contributed by atoms with Crippen molar-refractivity contribution in [2.75, 3.05) is 23.7 Å². The van der Waals surface area contributed by atoms with Gasteiger partial charge in [0.25, 0.3) is 0 Å². The minimum atomic E-state index is -1.25. The highest BCUT2D eigenvalue weighted by atomic mass is 35.5. The summed E-state index contributed by atoms with van der Waals surface area (Å²) < 4.78 is 30.3. The highest BCUT2D eigenvalue weighted by molar-refractivity contribution is 7.99. The number of nitrogen functional groups attached to an aromatic ring is 1. The van der Waals surface area contributed by atoms with Crippen molar-refractivity contribution >= 4 is 57.1 Å². The molecular weight excluding hydrogens is 581 g/mol. The molecule has 0 amide bonds. The van der Waals surface area contributed by atoms with Crippen LogP contribution in [0.3, 0.4) is 0 Å². The highest BCUT2D eigenvalue weighted by Crippen LogP contribution is 2.52. The Labute approximate surface area is 250 Å². The van der Waals surface area contributed by atoms with E-state index in [1.54, 1.807) is 24.5 Å². The first-order valence-electron chi connectivity index (χ1n) is 13.5. The van der Waals surface area contributed by atoms with Gasteiger partial charge >= 0.3 is 0 Å². The van der Waals surface area contributed by atoms with Crippen molar-refractivity contribution < 1.29 is 8.60 Å². The van der Waals surface area contributed by atoms with Crippen LogP contribution in [0.2, 0.25) is 5.02 Å². The fourth-order valence-corrected chi connectivity index (χ4v) is 7.65. The number of pyridine rings is 2. The molecule has 1 aliphatic heterocycles. The van der Waals surface area contributed by atoms with Gasteiger partial charge < -0.3 is 10.6 Å². The van der Waals surface area contributed by atoms with Crippen LogP contribution in [0.1, 0.15) is 50.8 Å². The van der Waals surface area contributed by atoms with Gasteiger partial charge in [0.15, 0.2) is 5.65 Å². The minimum absolute atomic E-state index is 0.104. The number of nitrogens with one attached hydrogen (secondary N) is 1. The second kappa shape index (κ2) is 10.8. The summed E-state index contributed by atoms with van der Waals surface area (Å²) in [7, 11) is -1.25. The normalized spacial score (nSPS) is 19.0. The van der Waals surface area contributed by atoms with Crippen molar-refractivity contribution in [2.24, 2.45) is 5.41 Å². The van der Waals surface area contributed by atoms with Crippen molar-refractivity contribution in [3.8, 4) is 0 Å². The van der Waals surface area contributed by atoms with E-state index in [1.165, 1.54) is 17.8 Å². The summed E-state index contributed by atoms with van der Waals surface area (Å²) in [6, 6.07) is 10.5. The lowest BCUT2D eigenvalue weighted by molar-refractivity contribution is 0.177. The molecule has 1 aliphatic carbocycles. The van der Waals surface area contributed by atoms with Gasteiger partial charge in [0.1, 0.15) is 28.0 Å². The Balaban J connectivity index is 1.20. The second-order valence-electron chi connectivity index (χ2n) is 11.6. The average molecular weight is 612 g/mol.